The summed E-state index contributed by atoms with van der Waals surface area (Å²) in [6.45, 7) is 2.33. The standard InChI is InChI=1S/C47H34/c1-2-36-37-20-9-10-21-38(37)39-26-15-27-44(46(36)39)47-42-24-13-11-22-40(42)45(41-23-12-14-25-43(41)47)35-29-33(31-16-5-3-6-17-31)28-34(30-35)32-18-7-4-8-19-32/h3-30,36H,2H2,1H3. The minimum Gasteiger partial charge on any atom is -0.0645 e. The van der Waals surface area contributed by atoms with Gasteiger partial charge in [0.25, 0.3) is 0 Å². The van der Waals surface area contributed by atoms with Crippen LogP contribution in [-0.2, 0) is 0 Å². The lowest BCUT2D eigenvalue weighted by molar-refractivity contribution is 0.799. The second-order valence-electron chi connectivity index (χ2n) is 12.7. The molecule has 8 aromatic carbocycles. The van der Waals surface area contributed by atoms with Gasteiger partial charge in [-0.25, -0.2) is 0 Å². The summed E-state index contributed by atoms with van der Waals surface area (Å²) in [5.74, 6) is 0.380. The maximum absolute atomic E-state index is 2.39. The molecule has 0 aromatic heterocycles. The van der Waals surface area contributed by atoms with Crippen molar-refractivity contribution in [3.8, 4) is 55.6 Å². The monoisotopic (exact) mass is 598 g/mol. The Hall–Kier alpha value is -5.72. The molecule has 0 radical (unpaired) electrons. The molecule has 0 fully saturated rings. The zero-order valence-corrected chi connectivity index (χ0v) is 26.5. The number of rotatable bonds is 5. The van der Waals surface area contributed by atoms with E-state index >= 15 is 0 Å². The summed E-state index contributed by atoms with van der Waals surface area (Å²) in [5.41, 5.74) is 15.8. The van der Waals surface area contributed by atoms with Crippen molar-refractivity contribution in [1.29, 1.82) is 0 Å². The second-order valence-corrected chi connectivity index (χ2v) is 12.7. The predicted molar refractivity (Wildman–Crippen MR) is 201 cm³/mol. The van der Waals surface area contributed by atoms with Gasteiger partial charge < -0.3 is 0 Å². The fourth-order valence-electron chi connectivity index (χ4n) is 8.12. The molecule has 1 aliphatic carbocycles. The van der Waals surface area contributed by atoms with E-state index in [1.165, 1.54) is 88.3 Å². The van der Waals surface area contributed by atoms with Gasteiger partial charge >= 0.3 is 0 Å². The van der Waals surface area contributed by atoms with E-state index in [0.717, 1.165) is 6.42 Å². The number of benzene rings is 8. The first kappa shape index (κ1) is 27.6. The van der Waals surface area contributed by atoms with Gasteiger partial charge in [0, 0.05) is 5.92 Å². The van der Waals surface area contributed by atoms with E-state index in [0.29, 0.717) is 5.92 Å². The highest BCUT2D eigenvalue weighted by molar-refractivity contribution is 6.22. The molecule has 1 atom stereocenters. The van der Waals surface area contributed by atoms with Crippen LogP contribution in [0.3, 0.4) is 0 Å². The Morgan fingerprint density at radius 2 is 0.809 bits per heavy atom. The van der Waals surface area contributed by atoms with Crippen molar-refractivity contribution in [3.05, 3.63) is 181 Å². The Balaban J connectivity index is 1.37. The van der Waals surface area contributed by atoms with Gasteiger partial charge in [-0.1, -0.05) is 159 Å². The third-order valence-corrected chi connectivity index (χ3v) is 10.1. The highest BCUT2D eigenvalue weighted by Crippen LogP contribution is 2.53. The van der Waals surface area contributed by atoms with Crippen LogP contribution < -0.4 is 0 Å². The first-order chi connectivity index (χ1) is 23.3. The molecule has 0 nitrogen and oxygen atoms in total. The lowest BCUT2D eigenvalue weighted by Crippen LogP contribution is -1.99. The molecule has 0 bridgehead atoms. The van der Waals surface area contributed by atoms with Crippen molar-refractivity contribution in [1.82, 2.24) is 0 Å². The summed E-state index contributed by atoms with van der Waals surface area (Å²) < 4.78 is 0. The van der Waals surface area contributed by atoms with Gasteiger partial charge in [-0.3, -0.25) is 0 Å². The van der Waals surface area contributed by atoms with Gasteiger partial charge in [-0.2, -0.15) is 0 Å². The highest BCUT2D eigenvalue weighted by atomic mass is 14.3. The molecule has 47 heavy (non-hydrogen) atoms. The molecular weight excluding hydrogens is 565 g/mol. The Morgan fingerprint density at radius 3 is 1.38 bits per heavy atom. The lowest BCUT2D eigenvalue weighted by Gasteiger charge is -2.22. The van der Waals surface area contributed by atoms with Crippen LogP contribution in [0, 0.1) is 0 Å². The zero-order valence-electron chi connectivity index (χ0n) is 26.5. The van der Waals surface area contributed by atoms with Crippen LogP contribution in [0.25, 0.3) is 77.2 Å². The van der Waals surface area contributed by atoms with Crippen molar-refractivity contribution >= 4 is 21.5 Å². The molecule has 0 saturated carbocycles. The van der Waals surface area contributed by atoms with E-state index in [1.807, 2.05) is 0 Å². The minimum absolute atomic E-state index is 0.380. The molecular formula is C47H34. The van der Waals surface area contributed by atoms with Gasteiger partial charge in [0.05, 0.1) is 0 Å². The van der Waals surface area contributed by atoms with E-state index in [-0.39, 0.29) is 0 Å². The summed E-state index contributed by atoms with van der Waals surface area (Å²) in [7, 11) is 0. The molecule has 9 rings (SSSR count). The van der Waals surface area contributed by atoms with E-state index in [4.69, 9.17) is 0 Å². The maximum atomic E-state index is 2.39. The molecule has 0 aliphatic heterocycles. The Bertz CT molecular complexity index is 2320. The molecule has 0 spiro atoms. The first-order valence-electron chi connectivity index (χ1n) is 16.7. The van der Waals surface area contributed by atoms with Crippen molar-refractivity contribution in [2.24, 2.45) is 0 Å². The van der Waals surface area contributed by atoms with Crippen molar-refractivity contribution in [2.75, 3.05) is 0 Å². The molecule has 0 saturated heterocycles. The van der Waals surface area contributed by atoms with Crippen LogP contribution in [0.15, 0.2) is 170 Å². The summed E-state index contributed by atoms with van der Waals surface area (Å²) in [6.07, 6.45) is 1.07. The van der Waals surface area contributed by atoms with E-state index in [2.05, 4.69) is 177 Å². The molecule has 0 amide bonds. The molecule has 0 N–H and O–H groups in total. The predicted octanol–water partition coefficient (Wildman–Crippen LogP) is 13.2. The van der Waals surface area contributed by atoms with E-state index in [1.54, 1.807) is 0 Å². The summed E-state index contributed by atoms with van der Waals surface area (Å²) >= 11 is 0. The van der Waals surface area contributed by atoms with Crippen LogP contribution in [0.5, 0.6) is 0 Å². The van der Waals surface area contributed by atoms with Crippen LogP contribution in [-0.4, -0.2) is 0 Å². The maximum Gasteiger partial charge on any atom is 0.0105 e. The van der Waals surface area contributed by atoms with Gasteiger partial charge in [0.15, 0.2) is 0 Å². The molecule has 1 aliphatic rings. The topological polar surface area (TPSA) is 0 Å². The van der Waals surface area contributed by atoms with Gasteiger partial charge in [0.1, 0.15) is 0 Å². The quantitative estimate of drug-likeness (QED) is 0.173. The van der Waals surface area contributed by atoms with Crippen molar-refractivity contribution < 1.29 is 0 Å². The number of hydrogen-bond donors (Lipinski definition) is 0. The Morgan fingerprint density at radius 1 is 0.362 bits per heavy atom. The zero-order chi connectivity index (χ0) is 31.3. The van der Waals surface area contributed by atoms with Gasteiger partial charge in [-0.15, -0.1) is 0 Å². The summed E-state index contributed by atoms with van der Waals surface area (Å²) in [6, 6.07) is 62.8. The summed E-state index contributed by atoms with van der Waals surface area (Å²) in [5, 5.41) is 5.16. The van der Waals surface area contributed by atoms with Crippen molar-refractivity contribution in [2.45, 2.75) is 19.3 Å². The number of fused-ring (bicyclic) bond motifs is 5. The normalized spacial score (nSPS) is 13.5. The number of hydrogen-bond acceptors (Lipinski definition) is 0. The van der Waals surface area contributed by atoms with Crippen LogP contribution in [0.2, 0.25) is 0 Å². The Kier molecular flexibility index (Phi) is 6.61. The van der Waals surface area contributed by atoms with Gasteiger partial charge in [0.2, 0.25) is 0 Å². The van der Waals surface area contributed by atoms with Crippen LogP contribution in [0.4, 0.5) is 0 Å². The molecule has 222 valence electrons. The fraction of sp³-hybridized carbons (Fsp3) is 0.0638. The van der Waals surface area contributed by atoms with Gasteiger partial charge in [-0.05, 0) is 113 Å². The fourth-order valence-corrected chi connectivity index (χ4v) is 8.12. The van der Waals surface area contributed by atoms with E-state index in [9.17, 15) is 0 Å². The highest BCUT2D eigenvalue weighted by Gasteiger charge is 2.31. The average Bonchev–Trinajstić information content (AvgIpc) is 3.48. The minimum atomic E-state index is 0.380. The smallest absolute Gasteiger partial charge is 0.0105 e. The summed E-state index contributed by atoms with van der Waals surface area (Å²) in [4.78, 5) is 0. The third kappa shape index (κ3) is 4.44. The first-order valence-corrected chi connectivity index (χ1v) is 16.7. The van der Waals surface area contributed by atoms with Crippen LogP contribution in [0.1, 0.15) is 30.4 Å². The largest absolute Gasteiger partial charge is 0.0645 e. The molecule has 0 heteroatoms. The van der Waals surface area contributed by atoms with E-state index < -0.39 is 0 Å². The third-order valence-electron chi connectivity index (χ3n) is 10.1. The second kappa shape index (κ2) is 11.3. The van der Waals surface area contributed by atoms with Crippen LogP contribution >= 0.6 is 0 Å². The molecule has 8 aromatic rings. The van der Waals surface area contributed by atoms with Crippen molar-refractivity contribution in [3.63, 3.8) is 0 Å². The molecule has 0 heterocycles. The average molecular weight is 599 g/mol. The lowest BCUT2D eigenvalue weighted by atomic mass is 9.81. The SMILES string of the molecule is CCC1c2ccccc2-c2cccc(-c3c4ccccc4c(-c4cc(-c5ccccc5)cc(-c5ccccc5)c4)c4ccccc34)c21. The Labute approximate surface area is 276 Å². The molecule has 1 unspecified atom stereocenters.